The fourth-order valence-electron chi connectivity index (χ4n) is 4.14. The van der Waals surface area contributed by atoms with Gasteiger partial charge in [0.1, 0.15) is 12.5 Å². The summed E-state index contributed by atoms with van der Waals surface area (Å²) in [5.41, 5.74) is 3.51. The highest BCUT2D eigenvalue weighted by molar-refractivity contribution is 5.82. The lowest BCUT2D eigenvalue weighted by molar-refractivity contribution is -0.925. The van der Waals surface area contributed by atoms with Crippen molar-refractivity contribution >= 4 is 11.8 Å². The van der Waals surface area contributed by atoms with Crippen LogP contribution in [0.1, 0.15) is 50.3 Å². The molecule has 0 spiro atoms. The Bertz CT molecular complexity index is 633. The summed E-state index contributed by atoms with van der Waals surface area (Å²) in [4.78, 5) is 25.2. The molecule has 1 aromatic carbocycles. The molecule has 1 fully saturated rings. The van der Waals surface area contributed by atoms with Crippen molar-refractivity contribution in [1.29, 1.82) is 0 Å². The zero-order valence-corrected chi connectivity index (χ0v) is 17.0. The van der Waals surface area contributed by atoms with Crippen molar-refractivity contribution < 1.29 is 18.8 Å². The predicted molar refractivity (Wildman–Crippen MR) is 104 cm³/mol. The van der Waals surface area contributed by atoms with Crippen LogP contribution in [0.3, 0.4) is 0 Å². The lowest BCUT2D eigenvalue weighted by Gasteiger charge is -2.42. The first-order chi connectivity index (χ1) is 12.3. The average Bonchev–Trinajstić information content (AvgIpc) is 2.58. The molecule has 1 saturated heterocycles. The lowest BCUT2D eigenvalue weighted by Crippen LogP contribution is -2.58. The normalized spacial score (nSPS) is 23.1. The van der Waals surface area contributed by atoms with E-state index in [-0.39, 0.29) is 23.8 Å². The first-order valence-corrected chi connectivity index (χ1v) is 9.88. The predicted octanol–water partition coefficient (Wildman–Crippen LogP) is 3.61. The summed E-state index contributed by atoms with van der Waals surface area (Å²) < 4.78 is 6.14. The maximum atomic E-state index is 12.9. The Morgan fingerprint density at radius 1 is 1.23 bits per heavy atom. The topological polar surface area (TPSA) is 43.4 Å². The highest BCUT2D eigenvalue weighted by Gasteiger charge is 2.39. The second-order valence-electron chi connectivity index (χ2n) is 8.13. The van der Waals surface area contributed by atoms with Gasteiger partial charge in [-0.25, -0.2) is 0 Å². The minimum absolute atomic E-state index is 0.0842. The van der Waals surface area contributed by atoms with Gasteiger partial charge in [0.25, 0.3) is 0 Å². The Kier molecular flexibility index (Phi) is 6.99. The number of carbonyl (C=O) groups excluding carboxylic acids is 2. The molecule has 2 rings (SSSR count). The summed E-state index contributed by atoms with van der Waals surface area (Å²) in [6.07, 6.45) is 2.25. The van der Waals surface area contributed by atoms with Crippen molar-refractivity contribution in [3.05, 3.63) is 34.9 Å². The quantitative estimate of drug-likeness (QED) is 0.551. The van der Waals surface area contributed by atoms with Crippen molar-refractivity contribution in [2.45, 2.75) is 60.0 Å². The molecule has 4 nitrogen and oxygen atoms in total. The SMILES string of the molecule is CC[N+]1(CC(=O)Cc2c(C)cccc2C)CCCC(C(=O)OC(C)C)C1. The number of ketones is 1. The Hall–Kier alpha value is -1.68. The van der Waals surface area contributed by atoms with E-state index in [1.54, 1.807) is 0 Å². The number of esters is 1. The second kappa shape index (κ2) is 8.81. The molecule has 4 heteroatoms. The van der Waals surface area contributed by atoms with Crippen LogP contribution in [-0.2, 0) is 20.7 Å². The Balaban J connectivity index is 2.06. The van der Waals surface area contributed by atoms with Crippen LogP contribution >= 0.6 is 0 Å². The van der Waals surface area contributed by atoms with E-state index in [0.29, 0.717) is 17.4 Å². The average molecular weight is 361 g/mol. The molecule has 2 unspecified atom stereocenters. The van der Waals surface area contributed by atoms with E-state index in [0.717, 1.165) is 38.0 Å². The molecule has 26 heavy (non-hydrogen) atoms. The third-order valence-electron chi connectivity index (χ3n) is 5.68. The fourth-order valence-corrected chi connectivity index (χ4v) is 4.14. The zero-order chi connectivity index (χ0) is 19.3. The van der Waals surface area contributed by atoms with Crippen molar-refractivity contribution in [3.63, 3.8) is 0 Å². The van der Waals surface area contributed by atoms with E-state index in [4.69, 9.17) is 4.74 Å². The van der Waals surface area contributed by atoms with E-state index in [1.807, 2.05) is 19.9 Å². The van der Waals surface area contributed by atoms with Crippen LogP contribution in [0.5, 0.6) is 0 Å². The first kappa shape index (κ1) is 20.6. The number of aryl methyl sites for hydroxylation is 2. The number of likely N-dealkylation sites (tertiary alicyclic amines) is 1. The highest BCUT2D eigenvalue weighted by Crippen LogP contribution is 2.26. The smallest absolute Gasteiger partial charge is 0.314 e. The van der Waals surface area contributed by atoms with Gasteiger partial charge in [-0.3, -0.25) is 9.59 Å². The van der Waals surface area contributed by atoms with Crippen molar-refractivity contribution in [1.82, 2.24) is 0 Å². The van der Waals surface area contributed by atoms with Crippen LogP contribution in [-0.4, -0.2) is 48.5 Å². The number of quaternary nitrogens is 1. The maximum absolute atomic E-state index is 12.9. The van der Waals surface area contributed by atoms with E-state index >= 15 is 0 Å². The minimum atomic E-state index is -0.0992. The van der Waals surface area contributed by atoms with Crippen LogP contribution < -0.4 is 0 Å². The van der Waals surface area contributed by atoms with Gasteiger partial charge in [0.15, 0.2) is 5.78 Å². The third kappa shape index (κ3) is 5.16. The fraction of sp³-hybridized carbons (Fsp3) is 0.636. The van der Waals surface area contributed by atoms with Gasteiger partial charge in [-0.2, -0.15) is 0 Å². The first-order valence-electron chi connectivity index (χ1n) is 9.88. The summed E-state index contributed by atoms with van der Waals surface area (Å²) in [5.74, 6) is 0.0825. The molecule has 1 aliphatic rings. The molecule has 1 aliphatic heterocycles. The Morgan fingerprint density at radius 3 is 2.46 bits per heavy atom. The van der Waals surface area contributed by atoms with Crippen LogP contribution in [0.25, 0.3) is 0 Å². The number of carbonyl (C=O) groups is 2. The Morgan fingerprint density at radius 2 is 1.88 bits per heavy atom. The molecule has 0 aliphatic carbocycles. The summed E-state index contributed by atoms with van der Waals surface area (Å²) in [7, 11) is 0. The van der Waals surface area contributed by atoms with Crippen LogP contribution in [0, 0.1) is 19.8 Å². The molecule has 2 atom stereocenters. The molecule has 0 amide bonds. The van der Waals surface area contributed by atoms with Gasteiger partial charge in [-0.1, -0.05) is 18.2 Å². The van der Waals surface area contributed by atoms with E-state index in [2.05, 4.69) is 32.9 Å². The molecule has 0 bridgehead atoms. The summed E-state index contributed by atoms with van der Waals surface area (Å²) in [6, 6.07) is 6.17. The van der Waals surface area contributed by atoms with Gasteiger partial charge in [0.2, 0.25) is 0 Å². The molecule has 0 saturated carbocycles. The highest BCUT2D eigenvalue weighted by atomic mass is 16.5. The summed E-state index contributed by atoms with van der Waals surface area (Å²) >= 11 is 0. The molecule has 0 radical (unpaired) electrons. The number of rotatable bonds is 7. The number of ether oxygens (including phenoxy) is 1. The van der Waals surface area contributed by atoms with Gasteiger partial charge in [0, 0.05) is 6.42 Å². The monoisotopic (exact) mass is 360 g/mol. The molecule has 1 aromatic rings. The standard InChI is InChI=1S/C22H34NO3/c1-6-23(12-8-11-19(14-23)22(25)26-16(2)3)15-20(24)13-21-17(4)9-7-10-18(21)5/h7,9-10,16,19H,6,8,11-15H2,1-5H3/q+1. The number of likely N-dealkylation sites (N-methyl/N-ethyl adjacent to an activating group) is 1. The Labute approximate surface area is 158 Å². The number of piperidine rings is 1. The zero-order valence-electron chi connectivity index (χ0n) is 17.0. The molecular weight excluding hydrogens is 326 g/mol. The molecule has 0 N–H and O–H groups in total. The largest absolute Gasteiger partial charge is 0.463 e. The number of Topliss-reactive ketones (excluding diaryl/α,β-unsaturated/α-hetero) is 1. The number of hydrogen-bond donors (Lipinski definition) is 0. The summed E-state index contributed by atoms with van der Waals surface area (Å²) in [6.45, 7) is 13.1. The minimum Gasteiger partial charge on any atom is -0.463 e. The number of hydrogen-bond acceptors (Lipinski definition) is 3. The maximum Gasteiger partial charge on any atom is 0.314 e. The summed E-state index contributed by atoms with van der Waals surface area (Å²) in [5, 5.41) is 0. The van der Waals surface area contributed by atoms with Gasteiger partial charge >= 0.3 is 5.97 Å². The van der Waals surface area contributed by atoms with E-state index < -0.39 is 0 Å². The van der Waals surface area contributed by atoms with Crippen LogP contribution in [0.15, 0.2) is 18.2 Å². The van der Waals surface area contributed by atoms with Gasteiger partial charge in [0.05, 0.1) is 25.7 Å². The van der Waals surface area contributed by atoms with Gasteiger partial charge in [-0.15, -0.1) is 0 Å². The van der Waals surface area contributed by atoms with Crippen molar-refractivity contribution in [3.8, 4) is 0 Å². The van der Waals surface area contributed by atoms with Gasteiger partial charge < -0.3 is 9.22 Å². The number of benzene rings is 1. The molecule has 1 heterocycles. The second-order valence-corrected chi connectivity index (χ2v) is 8.13. The van der Waals surface area contributed by atoms with Crippen molar-refractivity contribution in [2.24, 2.45) is 5.92 Å². The molecule has 0 aromatic heterocycles. The van der Waals surface area contributed by atoms with E-state index in [9.17, 15) is 9.59 Å². The van der Waals surface area contributed by atoms with E-state index in [1.165, 1.54) is 11.1 Å². The van der Waals surface area contributed by atoms with Gasteiger partial charge in [-0.05, 0) is 64.2 Å². The lowest BCUT2D eigenvalue weighted by atomic mass is 9.93. The molecular formula is C22H34NO3+. The van der Waals surface area contributed by atoms with Crippen molar-refractivity contribution in [2.75, 3.05) is 26.2 Å². The van der Waals surface area contributed by atoms with Crippen LogP contribution in [0.2, 0.25) is 0 Å². The van der Waals surface area contributed by atoms with Crippen LogP contribution in [0.4, 0.5) is 0 Å². The number of nitrogens with zero attached hydrogens (tertiary/aromatic N) is 1. The molecule has 144 valence electrons. The third-order valence-corrected chi connectivity index (χ3v) is 5.68.